The molecule has 2 nitrogen and oxygen atoms in total. The summed E-state index contributed by atoms with van der Waals surface area (Å²) in [7, 11) is 0. The van der Waals surface area contributed by atoms with Gasteiger partial charge in [-0.1, -0.05) is 6.42 Å². The molecule has 1 aliphatic rings. The van der Waals surface area contributed by atoms with E-state index in [4.69, 9.17) is 0 Å². The van der Waals surface area contributed by atoms with Gasteiger partial charge in [-0.25, -0.2) is 0 Å². The lowest BCUT2D eigenvalue weighted by atomic mass is 9.85. The van der Waals surface area contributed by atoms with Gasteiger partial charge in [0.2, 0.25) is 0 Å². The summed E-state index contributed by atoms with van der Waals surface area (Å²) in [5, 5.41) is 3.27. The summed E-state index contributed by atoms with van der Waals surface area (Å²) in [6, 6.07) is 6.58. The largest absolute Gasteiger partial charge is 0.484 e. The summed E-state index contributed by atoms with van der Waals surface area (Å²) in [6.07, 6.45) is -0.461. The maximum Gasteiger partial charge on any atom is 0.422 e. The van der Waals surface area contributed by atoms with Crippen LogP contribution < -0.4 is 10.1 Å². The quantitative estimate of drug-likeness (QED) is 0.867. The van der Waals surface area contributed by atoms with Crippen molar-refractivity contribution in [3.05, 3.63) is 24.3 Å². The van der Waals surface area contributed by atoms with E-state index >= 15 is 0 Å². The third-order valence-corrected chi connectivity index (χ3v) is 3.08. The first kappa shape index (κ1) is 13.1. The molecule has 1 aromatic carbocycles. The van der Waals surface area contributed by atoms with Crippen LogP contribution in [0.2, 0.25) is 0 Å². The fraction of sp³-hybridized carbons (Fsp3) is 0.538. The third-order valence-electron chi connectivity index (χ3n) is 3.08. The SMILES string of the molecule is FC(F)(F)COc1ccc(NCC2CCC2)cc1. The summed E-state index contributed by atoms with van der Waals surface area (Å²) in [5.74, 6) is 0.979. The van der Waals surface area contributed by atoms with E-state index in [-0.39, 0.29) is 5.75 Å². The lowest BCUT2D eigenvalue weighted by Crippen LogP contribution is -2.21. The first-order valence-electron chi connectivity index (χ1n) is 6.06. The maximum absolute atomic E-state index is 11.9. The smallest absolute Gasteiger partial charge is 0.422 e. The van der Waals surface area contributed by atoms with E-state index in [9.17, 15) is 13.2 Å². The molecule has 100 valence electrons. The highest BCUT2D eigenvalue weighted by atomic mass is 19.4. The topological polar surface area (TPSA) is 21.3 Å². The molecular formula is C13H16F3NO. The minimum Gasteiger partial charge on any atom is -0.484 e. The Morgan fingerprint density at radius 2 is 1.83 bits per heavy atom. The molecule has 1 saturated carbocycles. The van der Waals surface area contributed by atoms with Crippen LogP contribution in [-0.4, -0.2) is 19.3 Å². The Balaban J connectivity index is 1.77. The number of hydrogen-bond acceptors (Lipinski definition) is 2. The fourth-order valence-electron chi connectivity index (χ4n) is 1.79. The first-order chi connectivity index (χ1) is 8.53. The summed E-state index contributed by atoms with van der Waals surface area (Å²) in [5.41, 5.74) is 0.918. The molecule has 18 heavy (non-hydrogen) atoms. The molecule has 5 heteroatoms. The molecule has 0 amide bonds. The van der Waals surface area contributed by atoms with Gasteiger partial charge < -0.3 is 10.1 Å². The van der Waals surface area contributed by atoms with Crippen LogP contribution in [0.1, 0.15) is 19.3 Å². The summed E-state index contributed by atoms with van der Waals surface area (Å²) in [6.45, 7) is -0.315. The molecular weight excluding hydrogens is 243 g/mol. The minimum atomic E-state index is -4.29. The molecule has 2 rings (SSSR count). The number of nitrogens with one attached hydrogen (secondary N) is 1. The Morgan fingerprint density at radius 3 is 2.33 bits per heavy atom. The van der Waals surface area contributed by atoms with Crippen molar-refractivity contribution in [2.75, 3.05) is 18.5 Å². The Hall–Kier alpha value is -1.39. The van der Waals surface area contributed by atoms with Gasteiger partial charge in [-0.2, -0.15) is 13.2 Å². The summed E-state index contributed by atoms with van der Waals surface area (Å²) in [4.78, 5) is 0. The average molecular weight is 259 g/mol. The maximum atomic E-state index is 11.9. The van der Waals surface area contributed by atoms with Gasteiger partial charge in [0.15, 0.2) is 6.61 Å². The van der Waals surface area contributed by atoms with Crippen molar-refractivity contribution in [3.63, 3.8) is 0 Å². The van der Waals surface area contributed by atoms with Gasteiger partial charge in [0.05, 0.1) is 0 Å². The predicted molar refractivity (Wildman–Crippen MR) is 63.8 cm³/mol. The van der Waals surface area contributed by atoms with Gasteiger partial charge in [0.25, 0.3) is 0 Å². The minimum absolute atomic E-state index is 0.238. The van der Waals surface area contributed by atoms with Crippen molar-refractivity contribution >= 4 is 5.69 Å². The van der Waals surface area contributed by atoms with Gasteiger partial charge in [-0.3, -0.25) is 0 Å². The average Bonchev–Trinajstić information content (AvgIpc) is 2.25. The highest BCUT2D eigenvalue weighted by Gasteiger charge is 2.28. The molecule has 1 aromatic rings. The molecule has 0 heterocycles. The second kappa shape index (κ2) is 5.50. The number of anilines is 1. The number of rotatable bonds is 5. The van der Waals surface area contributed by atoms with E-state index < -0.39 is 12.8 Å². The molecule has 1 fully saturated rings. The summed E-state index contributed by atoms with van der Waals surface area (Å²) < 4.78 is 40.4. The zero-order valence-electron chi connectivity index (χ0n) is 9.96. The van der Waals surface area contributed by atoms with Crippen LogP contribution in [0, 0.1) is 5.92 Å². The predicted octanol–water partition coefficient (Wildman–Crippen LogP) is 3.84. The van der Waals surface area contributed by atoms with Gasteiger partial charge in [0.1, 0.15) is 5.75 Å². The number of halogens is 3. The van der Waals surface area contributed by atoms with Crippen LogP contribution in [0.15, 0.2) is 24.3 Å². The number of ether oxygens (including phenoxy) is 1. The van der Waals surface area contributed by atoms with Crippen LogP contribution in [0.25, 0.3) is 0 Å². The molecule has 0 spiro atoms. The molecule has 0 atom stereocenters. The van der Waals surface area contributed by atoms with Crippen LogP contribution >= 0.6 is 0 Å². The Bertz CT molecular complexity index is 371. The normalized spacial score (nSPS) is 16.2. The van der Waals surface area contributed by atoms with Gasteiger partial charge >= 0.3 is 6.18 Å². The van der Waals surface area contributed by atoms with E-state index in [1.807, 2.05) is 0 Å². The zero-order chi connectivity index (χ0) is 13.0. The number of hydrogen-bond donors (Lipinski definition) is 1. The Morgan fingerprint density at radius 1 is 1.17 bits per heavy atom. The van der Waals surface area contributed by atoms with Gasteiger partial charge in [-0.15, -0.1) is 0 Å². The first-order valence-corrected chi connectivity index (χ1v) is 6.06. The third kappa shape index (κ3) is 4.13. The highest BCUT2D eigenvalue weighted by molar-refractivity contribution is 5.46. The van der Waals surface area contributed by atoms with Crippen molar-refractivity contribution in [2.24, 2.45) is 5.92 Å². The molecule has 0 unspecified atom stereocenters. The molecule has 1 N–H and O–H groups in total. The molecule has 0 saturated heterocycles. The number of alkyl halides is 3. The molecule has 0 radical (unpaired) electrons. The van der Waals surface area contributed by atoms with E-state index in [1.54, 1.807) is 24.3 Å². The fourth-order valence-corrected chi connectivity index (χ4v) is 1.79. The second-order valence-corrected chi connectivity index (χ2v) is 4.61. The van der Waals surface area contributed by atoms with Crippen molar-refractivity contribution in [1.29, 1.82) is 0 Å². The standard InChI is InChI=1S/C13H16F3NO/c14-13(15,16)9-18-12-6-4-11(5-7-12)17-8-10-2-1-3-10/h4-7,10,17H,1-3,8-9H2. The van der Waals surface area contributed by atoms with E-state index in [0.29, 0.717) is 0 Å². The number of benzene rings is 1. The van der Waals surface area contributed by atoms with E-state index in [2.05, 4.69) is 10.1 Å². The van der Waals surface area contributed by atoms with Crippen LogP contribution in [-0.2, 0) is 0 Å². The van der Waals surface area contributed by atoms with E-state index in [1.165, 1.54) is 19.3 Å². The van der Waals surface area contributed by atoms with Gasteiger partial charge in [-0.05, 0) is 43.0 Å². The molecule has 0 bridgehead atoms. The molecule has 0 aromatic heterocycles. The lowest BCUT2D eigenvalue weighted by molar-refractivity contribution is -0.153. The van der Waals surface area contributed by atoms with Crippen LogP contribution in [0.4, 0.5) is 18.9 Å². The zero-order valence-corrected chi connectivity index (χ0v) is 9.96. The van der Waals surface area contributed by atoms with Crippen molar-refractivity contribution in [3.8, 4) is 5.75 Å². The summed E-state index contributed by atoms with van der Waals surface area (Å²) >= 11 is 0. The van der Waals surface area contributed by atoms with Crippen molar-refractivity contribution < 1.29 is 17.9 Å². The lowest BCUT2D eigenvalue weighted by Gasteiger charge is -2.25. The van der Waals surface area contributed by atoms with E-state index in [0.717, 1.165) is 18.2 Å². The Kier molecular flexibility index (Phi) is 3.99. The Labute approximate surface area is 104 Å². The second-order valence-electron chi connectivity index (χ2n) is 4.61. The highest BCUT2D eigenvalue weighted by Crippen LogP contribution is 2.27. The van der Waals surface area contributed by atoms with Crippen LogP contribution in [0.3, 0.4) is 0 Å². The van der Waals surface area contributed by atoms with Crippen molar-refractivity contribution in [1.82, 2.24) is 0 Å². The molecule has 0 aliphatic heterocycles. The molecule has 1 aliphatic carbocycles. The monoisotopic (exact) mass is 259 g/mol. The van der Waals surface area contributed by atoms with Crippen LogP contribution in [0.5, 0.6) is 5.75 Å². The van der Waals surface area contributed by atoms with Crippen molar-refractivity contribution in [2.45, 2.75) is 25.4 Å². The van der Waals surface area contributed by atoms with Gasteiger partial charge in [0, 0.05) is 12.2 Å².